The molecule has 0 atom stereocenters. The van der Waals surface area contributed by atoms with E-state index in [2.05, 4.69) is 4.98 Å². The number of hydrogen-bond donors (Lipinski definition) is 1. The maximum Gasteiger partial charge on any atom is 0.214 e. The van der Waals surface area contributed by atoms with Gasteiger partial charge in [0, 0.05) is 11.8 Å². The van der Waals surface area contributed by atoms with Gasteiger partial charge in [-0.2, -0.15) is 0 Å². The van der Waals surface area contributed by atoms with E-state index in [9.17, 15) is 0 Å². The first kappa shape index (κ1) is 14.1. The Kier molecular flexibility index (Phi) is 4.35. The van der Waals surface area contributed by atoms with Crippen LogP contribution in [0.2, 0.25) is 0 Å². The molecule has 4 nitrogen and oxygen atoms in total. The molecule has 1 aromatic heterocycles. The van der Waals surface area contributed by atoms with Crippen LogP contribution >= 0.6 is 0 Å². The van der Waals surface area contributed by atoms with Gasteiger partial charge in [0.15, 0.2) is 0 Å². The third-order valence-electron chi connectivity index (χ3n) is 2.75. The summed E-state index contributed by atoms with van der Waals surface area (Å²) in [7, 11) is 1.48. The first-order valence-electron chi connectivity index (χ1n) is 6.46. The fourth-order valence-electron chi connectivity index (χ4n) is 1.79. The van der Waals surface area contributed by atoms with Crippen molar-refractivity contribution >= 4 is 5.90 Å². The maximum atomic E-state index is 7.57. The van der Waals surface area contributed by atoms with Crippen molar-refractivity contribution in [1.29, 1.82) is 5.41 Å². The van der Waals surface area contributed by atoms with Crippen LogP contribution in [-0.4, -0.2) is 24.1 Å². The number of nitrogens with one attached hydrogen (secondary N) is 1. The number of methoxy groups -OCH3 is 1. The molecule has 2 rings (SSSR count). The summed E-state index contributed by atoms with van der Waals surface area (Å²) in [5.74, 6) is 0.964. The van der Waals surface area contributed by atoms with Crippen molar-refractivity contribution in [2.75, 3.05) is 7.11 Å². The largest absolute Gasteiger partial charge is 0.491 e. The molecule has 0 radical (unpaired) electrons. The molecule has 0 saturated carbocycles. The van der Waals surface area contributed by atoms with Gasteiger partial charge in [0.2, 0.25) is 5.90 Å². The molecule has 0 fully saturated rings. The van der Waals surface area contributed by atoms with Crippen LogP contribution in [0.4, 0.5) is 0 Å². The van der Waals surface area contributed by atoms with Crippen LogP contribution in [0.3, 0.4) is 0 Å². The SMILES string of the molecule is COC(=N)c1ccc(-c2ccc(OC(C)C)cc2)nc1. The van der Waals surface area contributed by atoms with Gasteiger partial charge in [-0.15, -0.1) is 0 Å². The quantitative estimate of drug-likeness (QED) is 0.683. The van der Waals surface area contributed by atoms with Gasteiger partial charge in [-0.25, -0.2) is 0 Å². The molecular formula is C16H18N2O2. The van der Waals surface area contributed by atoms with E-state index in [4.69, 9.17) is 14.9 Å². The van der Waals surface area contributed by atoms with Crippen molar-refractivity contribution in [2.24, 2.45) is 0 Å². The van der Waals surface area contributed by atoms with Crippen LogP contribution in [0.15, 0.2) is 42.6 Å². The van der Waals surface area contributed by atoms with Crippen molar-refractivity contribution < 1.29 is 9.47 Å². The van der Waals surface area contributed by atoms with E-state index in [-0.39, 0.29) is 12.0 Å². The van der Waals surface area contributed by atoms with Gasteiger partial charge in [-0.05, 0) is 50.2 Å². The van der Waals surface area contributed by atoms with E-state index < -0.39 is 0 Å². The normalized spacial score (nSPS) is 10.4. The van der Waals surface area contributed by atoms with E-state index in [1.54, 1.807) is 6.20 Å². The molecule has 0 spiro atoms. The van der Waals surface area contributed by atoms with Crippen LogP contribution in [0, 0.1) is 5.41 Å². The van der Waals surface area contributed by atoms with E-state index in [0.717, 1.165) is 17.0 Å². The molecule has 0 aliphatic rings. The van der Waals surface area contributed by atoms with E-state index in [1.807, 2.05) is 50.2 Å². The average Bonchev–Trinajstić information content (AvgIpc) is 2.47. The Morgan fingerprint density at radius 2 is 1.80 bits per heavy atom. The number of pyridine rings is 1. The second-order valence-corrected chi connectivity index (χ2v) is 4.66. The highest BCUT2D eigenvalue weighted by Gasteiger charge is 2.04. The van der Waals surface area contributed by atoms with Gasteiger partial charge in [0.05, 0.1) is 24.5 Å². The highest BCUT2D eigenvalue weighted by molar-refractivity contribution is 5.91. The molecule has 20 heavy (non-hydrogen) atoms. The molecule has 0 unspecified atom stereocenters. The summed E-state index contributed by atoms with van der Waals surface area (Å²) in [6.45, 7) is 4.00. The van der Waals surface area contributed by atoms with Gasteiger partial charge < -0.3 is 9.47 Å². The Hall–Kier alpha value is -2.36. The lowest BCUT2D eigenvalue weighted by molar-refractivity contribution is 0.242. The lowest BCUT2D eigenvalue weighted by atomic mass is 10.1. The second-order valence-electron chi connectivity index (χ2n) is 4.66. The van der Waals surface area contributed by atoms with Gasteiger partial charge in [0.1, 0.15) is 5.75 Å². The summed E-state index contributed by atoms with van der Waals surface area (Å²) in [5.41, 5.74) is 2.53. The standard InChI is InChI=1S/C16H18N2O2/c1-11(2)20-14-7-4-12(5-8-14)15-9-6-13(10-18-15)16(17)19-3/h4-11,17H,1-3H3. The molecule has 0 aliphatic carbocycles. The molecule has 2 aromatic rings. The van der Waals surface area contributed by atoms with E-state index in [1.165, 1.54) is 7.11 Å². The first-order chi connectivity index (χ1) is 9.60. The van der Waals surface area contributed by atoms with Crippen LogP contribution in [0.25, 0.3) is 11.3 Å². The summed E-state index contributed by atoms with van der Waals surface area (Å²) < 4.78 is 10.5. The minimum atomic E-state index is 0.115. The van der Waals surface area contributed by atoms with Gasteiger partial charge in [-0.1, -0.05) is 0 Å². The zero-order valence-electron chi connectivity index (χ0n) is 11.9. The number of ether oxygens (including phenoxy) is 2. The van der Waals surface area contributed by atoms with Crippen LogP contribution in [0.5, 0.6) is 5.75 Å². The average molecular weight is 270 g/mol. The predicted octanol–water partition coefficient (Wildman–Crippen LogP) is 3.51. The summed E-state index contributed by atoms with van der Waals surface area (Å²) in [6, 6.07) is 11.5. The summed E-state index contributed by atoms with van der Waals surface area (Å²) in [6.07, 6.45) is 1.80. The lowest BCUT2D eigenvalue weighted by Gasteiger charge is -2.10. The zero-order chi connectivity index (χ0) is 14.5. The molecule has 1 N–H and O–H groups in total. The van der Waals surface area contributed by atoms with E-state index in [0.29, 0.717) is 5.56 Å². The fourth-order valence-corrected chi connectivity index (χ4v) is 1.79. The molecule has 0 amide bonds. The molecule has 4 heteroatoms. The van der Waals surface area contributed by atoms with Crippen molar-refractivity contribution in [3.63, 3.8) is 0 Å². The Balaban J connectivity index is 2.17. The number of rotatable bonds is 4. The fraction of sp³-hybridized carbons (Fsp3) is 0.250. The highest BCUT2D eigenvalue weighted by Crippen LogP contribution is 2.21. The molecular weight excluding hydrogens is 252 g/mol. The van der Waals surface area contributed by atoms with Crippen molar-refractivity contribution in [1.82, 2.24) is 4.98 Å². The second kappa shape index (κ2) is 6.19. The first-order valence-corrected chi connectivity index (χ1v) is 6.46. The molecule has 104 valence electrons. The summed E-state index contributed by atoms with van der Waals surface area (Å²) >= 11 is 0. The number of nitrogens with zero attached hydrogens (tertiary/aromatic N) is 1. The Labute approximate surface area is 118 Å². The van der Waals surface area contributed by atoms with E-state index >= 15 is 0 Å². The molecule has 0 bridgehead atoms. The summed E-state index contributed by atoms with van der Waals surface area (Å²) in [4.78, 5) is 4.35. The van der Waals surface area contributed by atoms with Gasteiger partial charge >= 0.3 is 0 Å². The van der Waals surface area contributed by atoms with Crippen LogP contribution < -0.4 is 4.74 Å². The maximum absolute atomic E-state index is 7.57. The summed E-state index contributed by atoms with van der Waals surface area (Å²) in [5, 5.41) is 7.57. The monoisotopic (exact) mass is 270 g/mol. The van der Waals surface area contributed by atoms with Crippen molar-refractivity contribution in [3.05, 3.63) is 48.2 Å². The van der Waals surface area contributed by atoms with Crippen LogP contribution in [-0.2, 0) is 4.74 Å². The number of aromatic nitrogens is 1. The molecule has 0 aliphatic heterocycles. The smallest absolute Gasteiger partial charge is 0.214 e. The minimum absolute atomic E-state index is 0.115. The Morgan fingerprint density at radius 3 is 2.30 bits per heavy atom. The predicted molar refractivity (Wildman–Crippen MR) is 79.3 cm³/mol. The van der Waals surface area contributed by atoms with Gasteiger partial charge in [0.25, 0.3) is 0 Å². The Bertz CT molecular complexity index is 574. The van der Waals surface area contributed by atoms with Gasteiger partial charge in [-0.3, -0.25) is 10.4 Å². The molecule has 0 saturated heterocycles. The Morgan fingerprint density at radius 1 is 1.10 bits per heavy atom. The third-order valence-corrected chi connectivity index (χ3v) is 2.75. The zero-order valence-corrected chi connectivity index (χ0v) is 11.9. The topological polar surface area (TPSA) is 55.2 Å². The highest BCUT2D eigenvalue weighted by atomic mass is 16.5. The number of benzene rings is 1. The third kappa shape index (κ3) is 3.35. The van der Waals surface area contributed by atoms with Crippen molar-refractivity contribution in [3.8, 4) is 17.0 Å². The minimum Gasteiger partial charge on any atom is -0.491 e. The van der Waals surface area contributed by atoms with Crippen LogP contribution in [0.1, 0.15) is 19.4 Å². The molecule has 1 heterocycles. The number of hydrogen-bond acceptors (Lipinski definition) is 4. The van der Waals surface area contributed by atoms with Crippen molar-refractivity contribution in [2.45, 2.75) is 20.0 Å². The molecule has 1 aromatic carbocycles. The lowest BCUT2D eigenvalue weighted by Crippen LogP contribution is -2.05.